The van der Waals surface area contributed by atoms with Crippen molar-refractivity contribution in [2.24, 2.45) is 17.9 Å². The van der Waals surface area contributed by atoms with Gasteiger partial charge in [-0.1, -0.05) is 6.07 Å². The van der Waals surface area contributed by atoms with Crippen LogP contribution in [0.4, 0.5) is 5.69 Å². The molecule has 11 heteroatoms. The summed E-state index contributed by atoms with van der Waals surface area (Å²) in [5, 5.41) is 35.7. The Labute approximate surface area is 207 Å². The van der Waals surface area contributed by atoms with Crippen molar-refractivity contribution in [2.75, 3.05) is 24.7 Å². The topological polar surface area (TPSA) is 156 Å². The highest BCUT2D eigenvalue weighted by atomic mass is 16.3. The van der Waals surface area contributed by atoms with Crippen LogP contribution in [0.1, 0.15) is 11.1 Å². The maximum atomic E-state index is 10.3. The van der Waals surface area contributed by atoms with Crippen molar-refractivity contribution in [3.63, 3.8) is 0 Å². The number of aryl methyl sites for hydroxylation is 1. The third kappa shape index (κ3) is 4.44. The Kier molecular flexibility index (Phi) is 6.22. The largest absolute Gasteiger partial charge is 0.394 e. The summed E-state index contributed by atoms with van der Waals surface area (Å²) in [7, 11) is 1.87. The number of aliphatic imine (C=N–C) groups is 1. The number of anilines is 1. The summed E-state index contributed by atoms with van der Waals surface area (Å²) in [5.74, 6) is 6.88. The number of nitrogens with two attached hydrogens (primary N) is 1. The number of allylic oxidation sites excluding steroid dienone is 1. The van der Waals surface area contributed by atoms with E-state index in [1.54, 1.807) is 40.2 Å². The maximum absolute atomic E-state index is 10.3. The van der Waals surface area contributed by atoms with Crippen molar-refractivity contribution in [2.45, 2.75) is 6.10 Å². The summed E-state index contributed by atoms with van der Waals surface area (Å²) in [6.45, 7) is -0.176. The third-order valence-electron chi connectivity index (χ3n) is 5.97. The van der Waals surface area contributed by atoms with Crippen LogP contribution in [0.25, 0.3) is 22.2 Å². The van der Waals surface area contributed by atoms with Crippen LogP contribution in [0.5, 0.6) is 0 Å². The van der Waals surface area contributed by atoms with Gasteiger partial charge in [0.1, 0.15) is 18.1 Å². The number of nitrogens with zero attached hydrogens (tertiary/aromatic N) is 7. The lowest BCUT2D eigenvalue weighted by atomic mass is 10.1. The number of hydrazine groups is 1. The number of benzene rings is 1. The van der Waals surface area contributed by atoms with Crippen LogP contribution in [-0.4, -0.2) is 66.6 Å². The zero-order valence-corrected chi connectivity index (χ0v) is 19.6. The fourth-order valence-electron chi connectivity index (χ4n) is 4.16. The van der Waals surface area contributed by atoms with E-state index < -0.39 is 12.7 Å². The summed E-state index contributed by atoms with van der Waals surface area (Å²) >= 11 is 0. The zero-order valence-electron chi connectivity index (χ0n) is 19.6. The van der Waals surface area contributed by atoms with E-state index in [0.717, 1.165) is 27.7 Å². The minimum absolute atomic E-state index is 0.0682. The van der Waals surface area contributed by atoms with Gasteiger partial charge in [-0.3, -0.25) is 14.7 Å². The molecule has 1 aliphatic heterocycles. The molecule has 4 heterocycles. The smallest absolute Gasteiger partial charge is 0.137 e. The fourth-order valence-corrected chi connectivity index (χ4v) is 4.16. The number of rotatable bonds is 7. The van der Waals surface area contributed by atoms with E-state index in [1.807, 2.05) is 37.7 Å². The Bertz CT molecular complexity index is 1510. The molecule has 0 saturated carbocycles. The molecule has 0 saturated heterocycles. The van der Waals surface area contributed by atoms with Gasteiger partial charge in [-0.15, -0.1) is 0 Å². The van der Waals surface area contributed by atoms with Gasteiger partial charge in [-0.2, -0.15) is 10.4 Å². The summed E-state index contributed by atoms with van der Waals surface area (Å²) < 4.78 is 1.74. The summed E-state index contributed by atoms with van der Waals surface area (Å²) in [5.41, 5.74) is 5.26. The fraction of sp³-hybridized carbons (Fsp3) is 0.200. The Morgan fingerprint density at radius 1 is 1.28 bits per heavy atom. The number of hydrogen-bond donors (Lipinski definition) is 4. The first-order valence-electron chi connectivity index (χ1n) is 11.3. The van der Waals surface area contributed by atoms with Crippen molar-refractivity contribution >= 4 is 22.4 Å². The molecule has 11 nitrogen and oxygen atoms in total. The number of pyridine rings is 1. The first-order chi connectivity index (χ1) is 17.5. The van der Waals surface area contributed by atoms with E-state index in [-0.39, 0.29) is 13.2 Å². The Balaban J connectivity index is 1.57. The molecule has 1 aromatic carbocycles. The lowest BCUT2D eigenvalue weighted by Gasteiger charge is -2.35. The van der Waals surface area contributed by atoms with Crippen molar-refractivity contribution in [1.82, 2.24) is 24.8 Å². The van der Waals surface area contributed by atoms with Crippen LogP contribution >= 0.6 is 0 Å². The molecule has 1 atom stereocenters. The predicted octanol–water partition coefficient (Wildman–Crippen LogP) is 1.47. The van der Waals surface area contributed by atoms with Crippen LogP contribution in [0, 0.1) is 11.3 Å². The van der Waals surface area contributed by atoms with Gasteiger partial charge in [0.2, 0.25) is 0 Å². The second-order valence-corrected chi connectivity index (χ2v) is 8.49. The normalized spacial score (nSPS) is 14.4. The lowest BCUT2D eigenvalue weighted by Crippen LogP contribution is -2.45. The minimum Gasteiger partial charge on any atom is -0.394 e. The van der Waals surface area contributed by atoms with Gasteiger partial charge in [-0.25, -0.2) is 10.8 Å². The second kappa shape index (κ2) is 9.63. The predicted molar refractivity (Wildman–Crippen MR) is 135 cm³/mol. The Hall–Kier alpha value is -4.50. The molecular weight excluding hydrogens is 458 g/mol. The molecule has 3 aromatic heterocycles. The van der Waals surface area contributed by atoms with Gasteiger partial charge in [0.15, 0.2) is 0 Å². The molecule has 0 bridgehead atoms. The summed E-state index contributed by atoms with van der Waals surface area (Å²) in [6.07, 6.45) is 8.17. The van der Waals surface area contributed by atoms with Gasteiger partial charge in [0.25, 0.3) is 0 Å². The minimum atomic E-state index is -1.02. The van der Waals surface area contributed by atoms with Gasteiger partial charge in [0.05, 0.1) is 42.8 Å². The lowest BCUT2D eigenvalue weighted by molar-refractivity contribution is 0.0995. The molecule has 5 rings (SSSR count). The highest BCUT2D eigenvalue weighted by molar-refractivity contribution is 6.17. The molecule has 1 unspecified atom stereocenters. The van der Waals surface area contributed by atoms with Crippen molar-refractivity contribution < 1.29 is 10.2 Å². The van der Waals surface area contributed by atoms with Gasteiger partial charge >= 0.3 is 0 Å². The molecule has 36 heavy (non-hydrogen) atoms. The molecule has 0 radical (unpaired) electrons. The van der Waals surface area contributed by atoms with Crippen molar-refractivity contribution in [3.05, 3.63) is 78.1 Å². The molecule has 0 aliphatic carbocycles. The number of aliphatic hydroxyl groups excluding tert-OH is 2. The number of aromatic amines is 1. The van der Waals surface area contributed by atoms with Crippen LogP contribution < -0.4 is 10.7 Å². The van der Waals surface area contributed by atoms with Crippen LogP contribution in [-0.2, 0) is 7.05 Å². The van der Waals surface area contributed by atoms with Crippen LogP contribution in [0.3, 0.4) is 0 Å². The SMILES string of the molecule is Cn1cc(-c2cnc3[nH]cc(C4=NCN(N)C(N(CC(O)CO)c5cccc(C#N)c5)=C4)c3c2)cn1. The third-order valence-corrected chi connectivity index (χ3v) is 5.97. The zero-order chi connectivity index (χ0) is 25.2. The molecule has 5 N–H and O–H groups in total. The summed E-state index contributed by atoms with van der Waals surface area (Å²) in [6, 6.07) is 11.2. The second-order valence-electron chi connectivity index (χ2n) is 8.49. The molecular formula is C25H25N9O2. The molecule has 182 valence electrons. The van der Waals surface area contributed by atoms with Crippen LogP contribution in [0.2, 0.25) is 0 Å². The highest BCUT2D eigenvalue weighted by Crippen LogP contribution is 2.28. The molecule has 1 aliphatic rings. The highest BCUT2D eigenvalue weighted by Gasteiger charge is 2.24. The number of H-pyrrole nitrogens is 1. The molecule has 4 aromatic rings. The van der Waals surface area contributed by atoms with Gasteiger partial charge in [-0.05, 0) is 24.3 Å². The Morgan fingerprint density at radius 3 is 2.89 bits per heavy atom. The first kappa shape index (κ1) is 23.3. The number of hydrogen-bond acceptors (Lipinski definition) is 9. The number of fused-ring (bicyclic) bond motifs is 1. The van der Waals surface area contributed by atoms with E-state index >= 15 is 0 Å². The molecule has 0 spiro atoms. The van der Waals surface area contributed by atoms with E-state index in [2.05, 4.69) is 26.1 Å². The monoisotopic (exact) mass is 483 g/mol. The summed E-state index contributed by atoms with van der Waals surface area (Å²) in [4.78, 5) is 14.2. The van der Waals surface area contributed by atoms with Gasteiger partial charge in [0, 0.05) is 59.5 Å². The average Bonchev–Trinajstić information content (AvgIpc) is 3.53. The van der Waals surface area contributed by atoms with Crippen LogP contribution in [0.15, 0.2) is 72.0 Å². The van der Waals surface area contributed by atoms with Crippen molar-refractivity contribution in [3.8, 4) is 17.2 Å². The quantitative estimate of drug-likeness (QED) is 0.288. The van der Waals surface area contributed by atoms with E-state index in [9.17, 15) is 15.5 Å². The number of aliphatic hydroxyl groups is 2. The Morgan fingerprint density at radius 2 is 2.14 bits per heavy atom. The number of nitrogens with one attached hydrogen (secondary N) is 1. The number of nitriles is 1. The molecule has 0 amide bonds. The van der Waals surface area contributed by atoms with Crippen molar-refractivity contribution in [1.29, 1.82) is 5.26 Å². The van der Waals surface area contributed by atoms with E-state index in [1.165, 1.54) is 5.01 Å². The average molecular weight is 484 g/mol. The molecule has 0 fully saturated rings. The standard InChI is InChI=1S/C25H25N9O2/c1-32-12-18(10-31-32)17-6-21-22(11-29-25(21)28-9-17)23-7-24(34(27)15-30-23)33(13-20(36)14-35)19-4-2-3-16(5-19)8-26/h2-7,9-12,20,35-36H,13-15,27H2,1H3,(H,28,29). The maximum Gasteiger partial charge on any atom is 0.137 e. The van der Waals surface area contributed by atoms with E-state index in [0.29, 0.717) is 22.8 Å². The first-order valence-corrected chi connectivity index (χ1v) is 11.3. The number of aromatic nitrogens is 4. The van der Waals surface area contributed by atoms with E-state index in [4.69, 9.17) is 5.84 Å². The van der Waals surface area contributed by atoms with Gasteiger partial charge < -0.3 is 20.1 Å².